The monoisotopic (exact) mass is 345 g/mol. The van der Waals surface area contributed by atoms with Crippen molar-refractivity contribution in [1.29, 1.82) is 0 Å². The molecule has 0 spiro atoms. The van der Waals surface area contributed by atoms with Crippen molar-refractivity contribution in [1.82, 2.24) is 25.0 Å². The molecular weight excluding hydrogens is 318 g/mol. The molecule has 25 heavy (non-hydrogen) atoms. The molecule has 1 amide bonds. The molecular formula is C18H27N5O2. The topological polar surface area (TPSA) is 72.3 Å². The van der Waals surface area contributed by atoms with Gasteiger partial charge in [-0.1, -0.05) is 0 Å². The van der Waals surface area contributed by atoms with Gasteiger partial charge in [0.2, 0.25) is 0 Å². The molecule has 136 valence electrons. The largest absolute Gasteiger partial charge is 0.373 e. The minimum atomic E-state index is -0.0983. The molecule has 2 aromatic heterocycles. The van der Waals surface area contributed by atoms with Gasteiger partial charge in [0.05, 0.1) is 23.5 Å². The van der Waals surface area contributed by atoms with E-state index >= 15 is 0 Å². The lowest BCUT2D eigenvalue weighted by Crippen LogP contribution is -2.52. The lowest BCUT2D eigenvalue weighted by Gasteiger charge is -2.39. The van der Waals surface area contributed by atoms with Crippen molar-refractivity contribution in [3.05, 3.63) is 23.5 Å². The maximum atomic E-state index is 12.5. The molecule has 1 fully saturated rings. The van der Waals surface area contributed by atoms with Crippen molar-refractivity contribution in [3.8, 4) is 0 Å². The van der Waals surface area contributed by atoms with Crippen LogP contribution in [-0.2, 0) is 11.8 Å². The predicted molar refractivity (Wildman–Crippen MR) is 96.6 cm³/mol. The van der Waals surface area contributed by atoms with E-state index in [1.165, 1.54) is 0 Å². The van der Waals surface area contributed by atoms with E-state index in [1.54, 1.807) is 10.9 Å². The molecule has 0 saturated carbocycles. The number of aromatic nitrogens is 3. The van der Waals surface area contributed by atoms with E-state index in [9.17, 15) is 4.79 Å². The van der Waals surface area contributed by atoms with Crippen molar-refractivity contribution >= 4 is 16.9 Å². The summed E-state index contributed by atoms with van der Waals surface area (Å²) >= 11 is 0. The lowest BCUT2D eigenvalue weighted by molar-refractivity contribution is -0.0778. The number of nitrogens with one attached hydrogen (secondary N) is 1. The van der Waals surface area contributed by atoms with Crippen molar-refractivity contribution in [3.63, 3.8) is 0 Å². The van der Waals surface area contributed by atoms with Gasteiger partial charge in [0.25, 0.3) is 5.91 Å². The molecule has 1 saturated heterocycles. The standard InChI is InChI=1S/C18H27N5O2/c1-11(23-9-12(2)25-13(3)10-23)7-20-18(24)15-6-16-14(4)21-22(5)17(16)19-8-15/h6,8,11-13H,7,9-10H2,1-5H3,(H,20,24)/t11-,12-,13-/m0/s1. The number of fused-ring (bicyclic) bond motifs is 1. The summed E-state index contributed by atoms with van der Waals surface area (Å²) in [6, 6.07) is 2.12. The van der Waals surface area contributed by atoms with Crippen molar-refractivity contribution in [2.24, 2.45) is 7.05 Å². The summed E-state index contributed by atoms with van der Waals surface area (Å²) in [6.45, 7) is 10.6. The fourth-order valence-electron chi connectivity index (χ4n) is 3.48. The van der Waals surface area contributed by atoms with Crippen LogP contribution in [-0.4, -0.2) is 63.5 Å². The maximum Gasteiger partial charge on any atom is 0.252 e. The Morgan fingerprint density at radius 1 is 1.40 bits per heavy atom. The highest BCUT2D eigenvalue weighted by Gasteiger charge is 2.26. The van der Waals surface area contributed by atoms with Gasteiger partial charge in [-0.15, -0.1) is 0 Å². The quantitative estimate of drug-likeness (QED) is 0.909. The van der Waals surface area contributed by atoms with Crippen LogP contribution in [0.15, 0.2) is 12.3 Å². The molecule has 3 atom stereocenters. The second kappa shape index (κ2) is 7.09. The third-order valence-corrected chi connectivity index (χ3v) is 4.75. The van der Waals surface area contributed by atoms with Crippen LogP contribution >= 0.6 is 0 Å². The third kappa shape index (κ3) is 3.82. The zero-order valence-electron chi connectivity index (χ0n) is 15.6. The Hall–Kier alpha value is -1.99. The Bertz CT molecular complexity index is 762. The first kappa shape index (κ1) is 17.8. The second-order valence-electron chi connectivity index (χ2n) is 7.07. The Morgan fingerprint density at radius 3 is 2.76 bits per heavy atom. The van der Waals surface area contributed by atoms with Crippen LogP contribution in [0.5, 0.6) is 0 Å². The number of hydrogen-bond acceptors (Lipinski definition) is 5. The van der Waals surface area contributed by atoms with E-state index in [0.29, 0.717) is 12.1 Å². The summed E-state index contributed by atoms with van der Waals surface area (Å²) < 4.78 is 7.50. The fourth-order valence-corrected chi connectivity index (χ4v) is 3.48. The van der Waals surface area contributed by atoms with E-state index in [4.69, 9.17) is 4.74 Å². The summed E-state index contributed by atoms with van der Waals surface area (Å²) in [4.78, 5) is 19.2. The average Bonchev–Trinajstić information content (AvgIpc) is 2.85. The first-order valence-electron chi connectivity index (χ1n) is 8.82. The molecule has 0 radical (unpaired) electrons. The minimum absolute atomic E-state index is 0.0983. The zero-order valence-corrected chi connectivity index (χ0v) is 15.6. The molecule has 0 aromatic carbocycles. The summed E-state index contributed by atoms with van der Waals surface area (Å²) in [6.07, 6.45) is 2.06. The number of rotatable bonds is 4. The summed E-state index contributed by atoms with van der Waals surface area (Å²) in [5.41, 5.74) is 2.24. The highest BCUT2D eigenvalue weighted by molar-refractivity contribution is 5.97. The molecule has 7 nitrogen and oxygen atoms in total. The number of nitrogens with zero attached hydrogens (tertiary/aromatic N) is 4. The molecule has 3 heterocycles. The average molecular weight is 345 g/mol. The maximum absolute atomic E-state index is 12.5. The van der Waals surface area contributed by atoms with Crippen LogP contribution in [0, 0.1) is 6.92 Å². The Morgan fingerprint density at radius 2 is 2.08 bits per heavy atom. The highest BCUT2D eigenvalue weighted by Crippen LogP contribution is 2.17. The number of pyridine rings is 1. The van der Waals surface area contributed by atoms with Gasteiger partial charge in [-0.3, -0.25) is 14.4 Å². The van der Waals surface area contributed by atoms with Crippen molar-refractivity contribution in [2.45, 2.75) is 45.9 Å². The Labute approximate surface area is 148 Å². The van der Waals surface area contributed by atoms with Crippen LogP contribution in [0.2, 0.25) is 0 Å². The molecule has 1 N–H and O–H groups in total. The molecule has 0 unspecified atom stereocenters. The predicted octanol–water partition coefficient (Wildman–Crippen LogP) is 1.50. The number of hydrogen-bond donors (Lipinski definition) is 1. The Balaban J connectivity index is 1.63. The Kier molecular flexibility index (Phi) is 5.06. The molecule has 3 rings (SSSR count). The van der Waals surface area contributed by atoms with E-state index in [1.807, 2.05) is 20.0 Å². The number of ether oxygens (including phenoxy) is 1. The minimum Gasteiger partial charge on any atom is -0.373 e. The lowest BCUT2D eigenvalue weighted by atomic mass is 10.1. The molecule has 0 bridgehead atoms. The highest BCUT2D eigenvalue weighted by atomic mass is 16.5. The number of aryl methyl sites for hydroxylation is 2. The SMILES string of the molecule is Cc1nn(C)c2ncc(C(=O)NC[C@H](C)N3C[C@H](C)O[C@@H](C)C3)cc12. The van der Waals surface area contributed by atoms with Crippen molar-refractivity contribution < 1.29 is 9.53 Å². The van der Waals surface area contributed by atoms with Gasteiger partial charge in [-0.25, -0.2) is 4.98 Å². The van der Waals surface area contributed by atoms with E-state index < -0.39 is 0 Å². The van der Waals surface area contributed by atoms with Crippen molar-refractivity contribution in [2.75, 3.05) is 19.6 Å². The van der Waals surface area contributed by atoms with Crippen LogP contribution in [0.1, 0.15) is 36.8 Å². The first-order chi connectivity index (χ1) is 11.8. The smallest absolute Gasteiger partial charge is 0.252 e. The second-order valence-corrected chi connectivity index (χ2v) is 7.07. The molecule has 0 aliphatic carbocycles. The van der Waals surface area contributed by atoms with Gasteiger partial charge in [-0.2, -0.15) is 5.10 Å². The summed E-state index contributed by atoms with van der Waals surface area (Å²) in [5, 5.41) is 8.29. The molecule has 1 aliphatic heterocycles. The summed E-state index contributed by atoms with van der Waals surface area (Å²) in [7, 11) is 1.86. The van der Waals surface area contributed by atoms with Gasteiger partial charge < -0.3 is 10.1 Å². The molecule has 2 aromatic rings. The zero-order chi connectivity index (χ0) is 18.1. The number of morpholine rings is 1. The van der Waals surface area contributed by atoms with Gasteiger partial charge in [0.15, 0.2) is 5.65 Å². The van der Waals surface area contributed by atoms with Gasteiger partial charge in [-0.05, 0) is 33.8 Å². The summed E-state index contributed by atoms with van der Waals surface area (Å²) in [5.74, 6) is -0.0983. The van der Waals surface area contributed by atoms with Gasteiger partial charge in [0.1, 0.15) is 0 Å². The molecule has 7 heteroatoms. The number of carbonyl (C=O) groups is 1. The van der Waals surface area contributed by atoms with Crippen LogP contribution < -0.4 is 5.32 Å². The third-order valence-electron chi connectivity index (χ3n) is 4.75. The first-order valence-corrected chi connectivity index (χ1v) is 8.82. The van der Waals surface area contributed by atoms with E-state index in [0.717, 1.165) is 29.8 Å². The normalized spacial score (nSPS) is 22.9. The van der Waals surface area contributed by atoms with Crippen LogP contribution in [0.25, 0.3) is 11.0 Å². The van der Waals surface area contributed by atoms with Gasteiger partial charge in [0, 0.05) is 44.3 Å². The van der Waals surface area contributed by atoms with E-state index in [-0.39, 0.29) is 24.2 Å². The molecule has 1 aliphatic rings. The fraction of sp³-hybridized carbons (Fsp3) is 0.611. The van der Waals surface area contributed by atoms with E-state index in [2.05, 4.69) is 41.1 Å². The van der Waals surface area contributed by atoms with Gasteiger partial charge >= 0.3 is 0 Å². The number of amides is 1. The number of carbonyl (C=O) groups excluding carboxylic acids is 1. The van der Waals surface area contributed by atoms with Crippen LogP contribution in [0.3, 0.4) is 0 Å². The van der Waals surface area contributed by atoms with Crippen LogP contribution in [0.4, 0.5) is 0 Å².